The summed E-state index contributed by atoms with van der Waals surface area (Å²) in [5.74, 6) is 1.59. The van der Waals surface area contributed by atoms with Gasteiger partial charge in [-0.05, 0) is 35.7 Å². The van der Waals surface area contributed by atoms with Crippen molar-refractivity contribution in [1.29, 1.82) is 0 Å². The topological polar surface area (TPSA) is 47.6 Å². The third-order valence-electron chi connectivity index (χ3n) is 3.60. The van der Waals surface area contributed by atoms with Crippen LogP contribution in [0, 0.1) is 0 Å². The Morgan fingerprint density at radius 3 is 2.58 bits per heavy atom. The number of rotatable bonds is 7. The zero-order chi connectivity index (χ0) is 17.5. The molecule has 2 aromatic carbocycles. The smallest absolute Gasteiger partial charge is 0.251 e. The SMILES string of the molecule is COc1ccc(C(=O)NCCOc2ccccc2C(C)C)cc1Cl. The molecular formula is C19H22ClNO3. The molecule has 2 aromatic rings. The molecule has 0 unspecified atom stereocenters. The second kappa shape index (κ2) is 8.60. The molecule has 24 heavy (non-hydrogen) atoms. The average molecular weight is 348 g/mol. The van der Waals surface area contributed by atoms with E-state index in [-0.39, 0.29) is 5.91 Å². The van der Waals surface area contributed by atoms with E-state index < -0.39 is 0 Å². The van der Waals surface area contributed by atoms with Gasteiger partial charge in [0.2, 0.25) is 0 Å². The van der Waals surface area contributed by atoms with Gasteiger partial charge in [0, 0.05) is 5.56 Å². The maximum atomic E-state index is 12.1. The maximum Gasteiger partial charge on any atom is 0.251 e. The molecule has 0 radical (unpaired) electrons. The highest BCUT2D eigenvalue weighted by atomic mass is 35.5. The van der Waals surface area contributed by atoms with E-state index in [4.69, 9.17) is 21.1 Å². The van der Waals surface area contributed by atoms with Crippen molar-refractivity contribution in [2.24, 2.45) is 0 Å². The summed E-state index contributed by atoms with van der Waals surface area (Å²) in [6, 6.07) is 12.9. The Kier molecular flexibility index (Phi) is 6.50. The molecule has 0 atom stereocenters. The van der Waals surface area contributed by atoms with E-state index in [1.165, 1.54) is 7.11 Å². The molecule has 0 aliphatic heterocycles. The zero-order valence-electron chi connectivity index (χ0n) is 14.1. The van der Waals surface area contributed by atoms with Gasteiger partial charge in [0.25, 0.3) is 5.91 Å². The number of methoxy groups -OCH3 is 1. The number of nitrogens with one attached hydrogen (secondary N) is 1. The first kappa shape index (κ1) is 18.1. The molecule has 0 spiro atoms. The van der Waals surface area contributed by atoms with Crippen LogP contribution < -0.4 is 14.8 Å². The fourth-order valence-corrected chi connectivity index (χ4v) is 2.58. The molecule has 5 heteroatoms. The highest BCUT2D eigenvalue weighted by Crippen LogP contribution is 2.26. The lowest BCUT2D eigenvalue weighted by molar-refractivity contribution is 0.0947. The van der Waals surface area contributed by atoms with E-state index in [9.17, 15) is 4.79 Å². The fourth-order valence-electron chi connectivity index (χ4n) is 2.32. The first-order chi connectivity index (χ1) is 11.5. The molecule has 1 N–H and O–H groups in total. The molecule has 2 rings (SSSR count). The lowest BCUT2D eigenvalue weighted by Gasteiger charge is -2.14. The van der Waals surface area contributed by atoms with Gasteiger partial charge < -0.3 is 14.8 Å². The largest absolute Gasteiger partial charge is 0.495 e. The Bertz CT molecular complexity index is 701. The second-order valence-electron chi connectivity index (χ2n) is 5.65. The van der Waals surface area contributed by atoms with E-state index in [2.05, 4.69) is 25.2 Å². The van der Waals surface area contributed by atoms with Crippen LogP contribution in [0.2, 0.25) is 5.02 Å². The lowest BCUT2D eigenvalue weighted by atomic mass is 10.0. The summed E-state index contributed by atoms with van der Waals surface area (Å²) in [6.07, 6.45) is 0. The highest BCUT2D eigenvalue weighted by Gasteiger charge is 2.10. The zero-order valence-corrected chi connectivity index (χ0v) is 14.9. The standard InChI is InChI=1S/C19H22ClNO3/c1-13(2)15-6-4-5-7-17(15)24-11-10-21-19(22)14-8-9-18(23-3)16(20)12-14/h4-9,12-13H,10-11H2,1-3H3,(H,21,22). The van der Waals surface area contributed by atoms with Crippen molar-refractivity contribution in [1.82, 2.24) is 5.32 Å². The van der Waals surface area contributed by atoms with Crippen molar-refractivity contribution in [3.8, 4) is 11.5 Å². The lowest BCUT2D eigenvalue weighted by Crippen LogP contribution is -2.28. The molecule has 0 aliphatic rings. The third-order valence-corrected chi connectivity index (χ3v) is 3.90. The first-order valence-electron chi connectivity index (χ1n) is 7.86. The van der Waals surface area contributed by atoms with E-state index in [0.29, 0.717) is 35.4 Å². The molecule has 0 aromatic heterocycles. The summed E-state index contributed by atoms with van der Waals surface area (Å²) in [5.41, 5.74) is 1.65. The highest BCUT2D eigenvalue weighted by molar-refractivity contribution is 6.32. The van der Waals surface area contributed by atoms with Crippen LogP contribution in [-0.2, 0) is 0 Å². The van der Waals surface area contributed by atoms with Crippen LogP contribution in [-0.4, -0.2) is 26.2 Å². The minimum atomic E-state index is -0.194. The van der Waals surface area contributed by atoms with Crippen molar-refractivity contribution in [2.75, 3.05) is 20.3 Å². The van der Waals surface area contributed by atoms with Crippen LogP contribution in [0.5, 0.6) is 11.5 Å². The second-order valence-corrected chi connectivity index (χ2v) is 6.05. The van der Waals surface area contributed by atoms with Gasteiger partial charge >= 0.3 is 0 Å². The van der Waals surface area contributed by atoms with Crippen molar-refractivity contribution in [2.45, 2.75) is 19.8 Å². The Balaban J connectivity index is 1.86. The van der Waals surface area contributed by atoms with E-state index in [1.54, 1.807) is 18.2 Å². The van der Waals surface area contributed by atoms with Gasteiger partial charge in [-0.25, -0.2) is 0 Å². The summed E-state index contributed by atoms with van der Waals surface area (Å²) < 4.78 is 10.9. The van der Waals surface area contributed by atoms with Gasteiger partial charge in [-0.3, -0.25) is 4.79 Å². The molecule has 0 fully saturated rings. The van der Waals surface area contributed by atoms with Crippen LogP contribution >= 0.6 is 11.6 Å². The quantitative estimate of drug-likeness (QED) is 0.760. The molecule has 128 valence electrons. The Morgan fingerprint density at radius 1 is 1.17 bits per heavy atom. The monoisotopic (exact) mass is 347 g/mol. The van der Waals surface area contributed by atoms with Crippen LogP contribution in [0.1, 0.15) is 35.7 Å². The van der Waals surface area contributed by atoms with Gasteiger partial charge in [0.15, 0.2) is 0 Å². The first-order valence-corrected chi connectivity index (χ1v) is 8.24. The molecular weight excluding hydrogens is 326 g/mol. The van der Waals surface area contributed by atoms with Crippen LogP contribution in [0.3, 0.4) is 0 Å². The molecule has 1 amide bonds. The van der Waals surface area contributed by atoms with Crippen LogP contribution in [0.25, 0.3) is 0 Å². The number of ether oxygens (including phenoxy) is 2. The minimum Gasteiger partial charge on any atom is -0.495 e. The molecule has 0 saturated carbocycles. The third kappa shape index (κ3) is 4.65. The normalized spacial score (nSPS) is 10.5. The molecule has 0 saturated heterocycles. The van der Waals surface area contributed by atoms with E-state index >= 15 is 0 Å². The summed E-state index contributed by atoms with van der Waals surface area (Å²) in [5, 5.41) is 3.23. The predicted octanol–water partition coefficient (Wildman–Crippen LogP) is 4.28. The molecule has 0 heterocycles. The van der Waals surface area contributed by atoms with Crippen molar-refractivity contribution >= 4 is 17.5 Å². The molecule has 0 bridgehead atoms. The van der Waals surface area contributed by atoms with E-state index in [1.807, 2.05) is 18.2 Å². The number of hydrogen-bond acceptors (Lipinski definition) is 3. The van der Waals surface area contributed by atoms with Crippen molar-refractivity contribution < 1.29 is 14.3 Å². The number of carbonyl (C=O) groups is 1. The number of hydrogen-bond donors (Lipinski definition) is 1. The van der Waals surface area contributed by atoms with Crippen LogP contribution in [0.15, 0.2) is 42.5 Å². The Labute approximate surface area is 147 Å². The van der Waals surface area contributed by atoms with Gasteiger partial charge in [-0.15, -0.1) is 0 Å². The Hall–Kier alpha value is -2.20. The fraction of sp³-hybridized carbons (Fsp3) is 0.316. The number of halogens is 1. The summed E-state index contributed by atoms with van der Waals surface area (Å²) in [6.45, 7) is 5.06. The average Bonchev–Trinajstić information content (AvgIpc) is 2.58. The summed E-state index contributed by atoms with van der Waals surface area (Å²) >= 11 is 6.03. The minimum absolute atomic E-state index is 0.194. The summed E-state index contributed by atoms with van der Waals surface area (Å²) in [7, 11) is 1.54. The number of amides is 1. The maximum absolute atomic E-state index is 12.1. The van der Waals surface area contributed by atoms with E-state index in [0.717, 1.165) is 11.3 Å². The number of carbonyl (C=O) groups excluding carboxylic acids is 1. The predicted molar refractivity (Wildman–Crippen MR) is 96.4 cm³/mol. The molecule has 0 aliphatic carbocycles. The summed E-state index contributed by atoms with van der Waals surface area (Å²) in [4.78, 5) is 12.1. The van der Waals surface area contributed by atoms with Gasteiger partial charge in [0.05, 0.1) is 18.7 Å². The van der Waals surface area contributed by atoms with Crippen molar-refractivity contribution in [3.63, 3.8) is 0 Å². The van der Waals surface area contributed by atoms with Gasteiger partial charge in [-0.2, -0.15) is 0 Å². The van der Waals surface area contributed by atoms with Crippen molar-refractivity contribution in [3.05, 3.63) is 58.6 Å². The number of benzene rings is 2. The Morgan fingerprint density at radius 2 is 1.92 bits per heavy atom. The van der Waals surface area contributed by atoms with Gasteiger partial charge in [0.1, 0.15) is 18.1 Å². The molecule has 4 nitrogen and oxygen atoms in total. The van der Waals surface area contributed by atoms with Crippen LogP contribution in [0.4, 0.5) is 0 Å². The number of para-hydroxylation sites is 1. The van der Waals surface area contributed by atoms with Gasteiger partial charge in [-0.1, -0.05) is 43.6 Å².